The molecule has 1 aromatic heterocycles. The van der Waals surface area contributed by atoms with Crippen LogP contribution in [0.15, 0.2) is 36.4 Å². The lowest BCUT2D eigenvalue weighted by molar-refractivity contribution is 0.100. The highest BCUT2D eigenvalue weighted by atomic mass is 16.5. The number of hydrogen-bond donors (Lipinski definition) is 2. The van der Waals surface area contributed by atoms with Crippen molar-refractivity contribution in [3.63, 3.8) is 0 Å². The Morgan fingerprint density at radius 1 is 1.35 bits per heavy atom. The molecule has 0 atom stereocenters. The van der Waals surface area contributed by atoms with Crippen molar-refractivity contribution >= 4 is 16.8 Å². The number of carbonyl (C=O) groups excluding carboxylic acids is 1. The molecular weight excluding hydrogens is 292 g/mol. The molecule has 2 aromatic carbocycles. The number of amides is 1. The summed E-state index contributed by atoms with van der Waals surface area (Å²) < 4.78 is 5.52. The van der Waals surface area contributed by atoms with E-state index in [0.29, 0.717) is 23.5 Å². The van der Waals surface area contributed by atoms with Crippen LogP contribution >= 0.6 is 0 Å². The maximum atomic E-state index is 11.2. The van der Waals surface area contributed by atoms with Gasteiger partial charge in [0.1, 0.15) is 17.5 Å². The molecule has 6 heteroatoms. The van der Waals surface area contributed by atoms with Crippen LogP contribution in [0.2, 0.25) is 0 Å². The standard InChI is InChI=1S/C17H14N4O2/c1-2-23-15-8-13-14(7-12(15)9-18)20-21-16(13)10-3-5-11(6-4-10)17(19)22/h3-8H,2H2,1H3,(H2,19,22)(H,20,21). The first-order valence-corrected chi connectivity index (χ1v) is 7.09. The number of fused-ring (bicyclic) bond motifs is 1. The van der Waals surface area contributed by atoms with Crippen LogP contribution in [0.4, 0.5) is 0 Å². The van der Waals surface area contributed by atoms with Crippen LogP contribution in [0.25, 0.3) is 22.2 Å². The number of primary amides is 1. The van der Waals surface area contributed by atoms with Gasteiger partial charge in [-0.15, -0.1) is 0 Å². The first-order chi connectivity index (χ1) is 11.1. The molecule has 3 aromatic rings. The van der Waals surface area contributed by atoms with Gasteiger partial charge in [0.2, 0.25) is 5.91 Å². The Morgan fingerprint density at radius 3 is 2.70 bits per heavy atom. The predicted octanol–water partition coefficient (Wildman–Crippen LogP) is 2.60. The molecule has 0 aliphatic heterocycles. The first-order valence-electron chi connectivity index (χ1n) is 7.09. The Morgan fingerprint density at radius 2 is 2.09 bits per heavy atom. The molecule has 6 nitrogen and oxygen atoms in total. The summed E-state index contributed by atoms with van der Waals surface area (Å²) in [4.78, 5) is 11.2. The highest BCUT2D eigenvalue weighted by molar-refractivity contribution is 5.96. The van der Waals surface area contributed by atoms with Gasteiger partial charge in [0.25, 0.3) is 0 Å². The van der Waals surface area contributed by atoms with E-state index >= 15 is 0 Å². The van der Waals surface area contributed by atoms with Crippen LogP contribution in [0.1, 0.15) is 22.8 Å². The second-order valence-electron chi connectivity index (χ2n) is 4.95. The van der Waals surface area contributed by atoms with E-state index in [1.165, 1.54) is 0 Å². The number of nitrogens with two attached hydrogens (primary N) is 1. The molecule has 23 heavy (non-hydrogen) atoms. The van der Waals surface area contributed by atoms with Crippen molar-refractivity contribution in [2.24, 2.45) is 5.73 Å². The third-order valence-corrected chi connectivity index (χ3v) is 3.53. The average Bonchev–Trinajstić information content (AvgIpc) is 2.97. The summed E-state index contributed by atoms with van der Waals surface area (Å²) >= 11 is 0. The van der Waals surface area contributed by atoms with E-state index in [4.69, 9.17) is 10.5 Å². The minimum absolute atomic E-state index is 0.440. The SMILES string of the molecule is CCOc1cc2c(-c3ccc(C(N)=O)cc3)n[nH]c2cc1C#N. The Balaban J connectivity index is 2.13. The number of benzene rings is 2. The van der Waals surface area contributed by atoms with Gasteiger partial charge in [-0.3, -0.25) is 9.89 Å². The average molecular weight is 306 g/mol. The van der Waals surface area contributed by atoms with Crippen LogP contribution in [0.5, 0.6) is 5.75 Å². The lowest BCUT2D eigenvalue weighted by Crippen LogP contribution is -2.10. The van der Waals surface area contributed by atoms with Gasteiger partial charge in [0.05, 0.1) is 17.7 Å². The van der Waals surface area contributed by atoms with Gasteiger partial charge in [-0.2, -0.15) is 10.4 Å². The summed E-state index contributed by atoms with van der Waals surface area (Å²) in [5.74, 6) is 0.0552. The van der Waals surface area contributed by atoms with Crippen LogP contribution in [0.3, 0.4) is 0 Å². The number of nitriles is 1. The maximum absolute atomic E-state index is 11.2. The van der Waals surface area contributed by atoms with Gasteiger partial charge >= 0.3 is 0 Å². The van der Waals surface area contributed by atoms with Crippen molar-refractivity contribution < 1.29 is 9.53 Å². The number of aromatic nitrogens is 2. The molecule has 0 saturated carbocycles. The number of hydrogen-bond acceptors (Lipinski definition) is 4. The van der Waals surface area contributed by atoms with Crippen molar-refractivity contribution in [3.8, 4) is 23.1 Å². The lowest BCUT2D eigenvalue weighted by atomic mass is 10.0. The quantitative estimate of drug-likeness (QED) is 0.772. The maximum Gasteiger partial charge on any atom is 0.248 e. The molecule has 3 N–H and O–H groups in total. The molecule has 0 bridgehead atoms. The Bertz CT molecular complexity index is 920. The summed E-state index contributed by atoms with van der Waals surface area (Å²) in [7, 11) is 0. The first kappa shape index (κ1) is 14.6. The fourth-order valence-electron chi connectivity index (χ4n) is 2.42. The number of aromatic amines is 1. The van der Waals surface area contributed by atoms with Crippen molar-refractivity contribution in [2.45, 2.75) is 6.92 Å². The molecular formula is C17H14N4O2. The Kier molecular flexibility index (Phi) is 3.69. The van der Waals surface area contributed by atoms with E-state index in [9.17, 15) is 10.1 Å². The minimum Gasteiger partial charge on any atom is -0.492 e. The van der Waals surface area contributed by atoms with Crippen molar-refractivity contribution in [2.75, 3.05) is 6.61 Å². The summed E-state index contributed by atoms with van der Waals surface area (Å²) in [6.45, 7) is 2.34. The zero-order valence-corrected chi connectivity index (χ0v) is 12.5. The van der Waals surface area contributed by atoms with E-state index in [1.54, 1.807) is 36.4 Å². The van der Waals surface area contributed by atoms with Crippen LogP contribution in [-0.4, -0.2) is 22.7 Å². The van der Waals surface area contributed by atoms with Gasteiger partial charge in [-0.25, -0.2) is 0 Å². The third-order valence-electron chi connectivity index (χ3n) is 3.53. The number of nitrogens with zero attached hydrogens (tertiary/aromatic N) is 2. The number of H-pyrrole nitrogens is 1. The summed E-state index contributed by atoms with van der Waals surface area (Å²) in [5.41, 5.74) is 8.46. The van der Waals surface area contributed by atoms with E-state index in [1.807, 2.05) is 6.92 Å². The largest absolute Gasteiger partial charge is 0.492 e. The highest BCUT2D eigenvalue weighted by Gasteiger charge is 2.13. The molecule has 0 unspecified atom stereocenters. The topological polar surface area (TPSA) is 105 Å². The van der Waals surface area contributed by atoms with Crippen LogP contribution < -0.4 is 10.5 Å². The van der Waals surface area contributed by atoms with E-state index in [-0.39, 0.29) is 0 Å². The second-order valence-corrected chi connectivity index (χ2v) is 4.95. The molecule has 0 saturated heterocycles. The van der Waals surface area contributed by atoms with E-state index in [0.717, 1.165) is 22.2 Å². The third kappa shape index (κ3) is 2.60. The van der Waals surface area contributed by atoms with Gasteiger partial charge in [0.15, 0.2) is 0 Å². The molecule has 0 spiro atoms. The van der Waals surface area contributed by atoms with Gasteiger partial charge in [-0.1, -0.05) is 12.1 Å². The molecule has 0 radical (unpaired) electrons. The Labute approximate surface area is 132 Å². The summed E-state index contributed by atoms with van der Waals surface area (Å²) in [6, 6.07) is 12.5. The fourth-order valence-corrected chi connectivity index (χ4v) is 2.42. The van der Waals surface area contributed by atoms with Crippen molar-refractivity contribution in [1.29, 1.82) is 5.26 Å². The van der Waals surface area contributed by atoms with Gasteiger partial charge in [-0.05, 0) is 31.2 Å². The highest BCUT2D eigenvalue weighted by Crippen LogP contribution is 2.31. The smallest absolute Gasteiger partial charge is 0.248 e. The lowest BCUT2D eigenvalue weighted by Gasteiger charge is -2.06. The molecule has 1 heterocycles. The number of carbonyl (C=O) groups is 1. The van der Waals surface area contributed by atoms with E-state index < -0.39 is 5.91 Å². The minimum atomic E-state index is -0.472. The predicted molar refractivity (Wildman–Crippen MR) is 85.9 cm³/mol. The monoisotopic (exact) mass is 306 g/mol. The van der Waals surface area contributed by atoms with E-state index in [2.05, 4.69) is 16.3 Å². The van der Waals surface area contributed by atoms with Crippen LogP contribution in [-0.2, 0) is 0 Å². The summed E-state index contributed by atoms with van der Waals surface area (Å²) in [5, 5.41) is 17.3. The van der Waals surface area contributed by atoms with Crippen molar-refractivity contribution in [1.82, 2.24) is 10.2 Å². The molecule has 0 fully saturated rings. The van der Waals surface area contributed by atoms with Gasteiger partial charge < -0.3 is 10.5 Å². The normalized spacial score (nSPS) is 10.4. The number of nitrogens with one attached hydrogen (secondary N) is 1. The fraction of sp³-hybridized carbons (Fsp3) is 0.118. The molecule has 114 valence electrons. The molecule has 0 aliphatic rings. The second kappa shape index (κ2) is 5.81. The van der Waals surface area contributed by atoms with Crippen LogP contribution in [0, 0.1) is 11.3 Å². The zero-order valence-electron chi connectivity index (χ0n) is 12.5. The number of ether oxygens (including phenoxy) is 1. The zero-order chi connectivity index (χ0) is 16.4. The van der Waals surface area contributed by atoms with Crippen molar-refractivity contribution in [3.05, 3.63) is 47.5 Å². The molecule has 1 amide bonds. The molecule has 0 aliphatic carbocycles. The number of rotatable bonds is 4. The Hall–Kier alpha value is -3.33. The van der Waals surface area contributed by atoms with Gasteiger partial charge in [0, 0.05) is 16.5 Å². The summed E-state index contributed by atoms with van der Waals surface area (Å²) in [6.07, 6.45) is 0. The molecule has 3 rings (SSSR count).